The van der Waals surface area contributed by atoms with Crippen LogP contribution in [-0.4, -0.2) is 40.4 Å². The predicted molar refractivity (Wildman–Crippen MR) is 76.2 cm³/mol. The Bertz CT molecular complexity index is 621. The number of H-pyrrole nitrogens is 1. The largest absolute Gasteiger partial charge is 0.328 e. The molecule has 1 N–H and O–H groups in total. The van der Waals surface area contributed by atoms with Gasteiger partial charge in [0.2, 0.25) is 0 Å². The van der Waals surface area contributed by atoms with E-state index in [1.54, 1.807) is 0 Å². The predicted octanol–water partition coefficient (Wildman–Crippen LogP) is 0.471. The highest BCUT2D eigenvalue weighted by atomic mass is 16.2. The van der Waals surface area contributed by atoms with Gasteiger partial charge in [0, 0.05) is 12.7 Å². The molecule has 0 atom stereocenters. The minimum absolute atomic E-state index is 0.0427. The van der Waals surface area contributed by atoms with Crippen LogP contribution in [0, 0.1) is 5.41 Å². The van der Waals surface area contributed by atoms with Crippen LogP contribution in [0.15, 0.2) is 15.8 Å². The molecule has 0 radical (unpaired) electrons. The molecule has 1 aromatic rings. The second-order valence-electron chi connectivity index (χ2n) is 6.07. The molecule has 0 bridgehead atoms. The van der Waals surface area contributed by atoms with E-state index in [-0.39, 0.29) is 16.8 Å². The summed E-state index contributed by atoms with van der Waals surface area (Å²) in [6, 6.07) is 0. The number of nitrogens with one attached hydrogen (secondary N) is 1. The smallest absolute Gasteiger partial charge is 0.313 e. The highest BCUT2D eigenvalue weighted by Gasteiger charge is 2.30. The lowest BCUT2D eigenvalue weighted by Gasteiger charge is -2.37. The molecule has 20 heavy (non-hydrogen) atoms. The van der Waals surface area contributed by atoms with Crippen molar-refractivity contribution in [2.24, 2.45) is 5.41 Å². The summed E-state index contributed by atoms with van der Waals surface area (Å²) in [5.41, 5.74) is -0.971. The zero-order chi connectivity index (χ0) is 14.9. The van der Waals surface area contributed by atoms with Gasteiger partial charge in [-0.1, -0.05) is 6.92 Å². The summed E-state index contributed by atoms with van der Waals surface area (Å²) < 4.78 is 1.17. The standard InChI is InChI=1S/C14H21N3O3/c1-10(18)11-8-15-13(20)17(12(11)19)9-14(2)4-6-16(3)7-5-14/h8H,4-7,9H2,1-3H3,(H,15,20). The number of hydrogen-bond acceptors (Lipinski definition) is 4. The Balaban J connectivity index is 2.34. The molecule has 2 heterocycles. The van der Waals surface area contributed by atoms with E-state index in [1.165, 1.54) is 17.7 Å². The van der Waals surface area contributed by atoms with Crippen molar-refractivity contribution in [3.05, 3.63) is 32.6 Å². The van der Waals surface area contributed by atoms with Crippen molar-refractivity contribution in [1.29, 1.82) is 0 Å². The van der Waals surface area contributed by atoms with Crippen molar-refractivity contribution in [3.63, 3.8) is 0 Å². The molecule has 0 aromatic carbocycles. The van der Waals surface area contributed by atoms with Gasteiger partial charge in [-0.05, 0) is 45.3 Å². The number of likely N-dealkylation sites (tertiary alicyclic amines) is 1. The highest BCUT2D eigenvalue weighted by molar-refractivity contribution is 5.93. The molecule has 0 aliphatic carbocycles. The Morgan fingerprint density at radius 1 is 1.35 bits per heavy atom. The average Bonchev–Trinajstić information content (AvgIpc) is 2.38. The van der Waals surface area contributed by atoms with Crippen LogP contribution in [0.2, 0.25) is 0 Å². The molecular formula is C14H21N3O3. The topological polar surface area (TPSA) is 75.2 Å². The Hall–Kier alpha value is -1.69. The first-order valence-electron chi connectivity index (χ1n) is 6.84. The van der Waals surface area contributed by atoms with Gasteiger partial charge in [0.15, 0.2) is 5.78 Å². The van der Waals surface area contributed by atoms with E-state index in [4.69, 9.17) is 0 Å². The van der Waals surface area contributed by atoms with Crippen LogP contribution in [0.25, 0.3) is 0 Å². The van der Waals surface area contributed by atoms with E-state index in [0.29, 0.717) is 6.54 Å². The number of nitrogens with zero attached hydrogens (tertiary/aromatic N) is 2. The Morgan fingerprint density at radius 2 is 1.95 bits per heavy atom. The number of aromatic amines is 1. The summed E-state index contributed by atoms with van der Waals surface area (Å²) >= 11 is 0. The number of piperidine rings is 1. The molecule has 2 rings (SSSR count). The molecule has 0 spiro atoms. The van der Waals surface area contributed by atoms with Crippen LogP contribution in [0.4, 0.5) is 0 Å². The first kappa shape index (κ1) is 14.7. The van der Waals surface area contributed by atoms with E-state index < -0.39 is 11.2 Å². The fourth-order valence-corrected chi connectivity index (χ4v) is 2.61. The number of carbonyl (C=O) groups excluding carboxylic acids is 1. The maximum absolute atomic E-state index is 12.2. The summed E-state index contributed by atoms with van der Waals surface area (Å²) in [6.45, 7) is 5.68. The van der Waals surface area contributed by atoms with E-state index >= 15 is 0 Å². The Labute approximate surface area is 117 Å². The third-order valence-corrected chi connectivity index (χ3v) is 4.17. The van der Waals surface area contributed by atoms with Crippen LogP contribution >= 0.6 is 0 Å². The molecule has 1 fully saturated rings. The lowest BCUT2D eigenvalue weighted by molar-refractivity contribution is 0.101. The summed E-state index contributed by atoms with van der Waals surface area (Å²) in [7, 11) is 2.06. The molecule has 1 aromatic heterocycles. The SMILES string of the molecule is CC(=O)c1c[nH]c(=O)n(CC2(C)CCN(C)CC2)c1=O. The van der Waals surface area contributed by atoms with E-state index in [0.717, 1.165) is 25.9 Å². The average molecular weight is 279 g/mol. The molecule has 1 aliphatic rings. The highest BCUT2D eigenvalue weighted by Crippen LogP contribution is 2.31. The summed E-state index contributed by atoms with van der Waals surface area (Å²) in [5.74, 6) is -0.325. The van der Waals surface area contributed by atoms with Gasteiger partial charge in [-0.2, -0.15) is 0 Å². The number of Topliss-reactive ketones (excluding diaryl/α,β-unsaturated/α-hetero) is 1. The lowest BCUT2D eigenvalue weighted by Crippen LogP contribution is -2.45. The minimum Gasteiger partial charge on any atom is -0.313 e. The number of ketones is 1. The maximum Gasteiger partial charge on any atom is 0.328 e. The van der Waals surface area contributed by atoms with Crippen LogP contribution in [0.1, 0.15) is 37.0 Å². The van der Waals surface area contributed by atoms with Gasteiger partial charge >= 0.3 is 5.69 Å². The van der Waals surface area contributed by atoms with E-state index in [1.807, 2.05) is 0 Å². The Kier molecular flexibility index (Phi) is 3.94. The quantitative estimate of drug-likeness (QED) is 0.816. The zero-order valence-corrected chi connectivity index (χ0v) is 12.2. The molecule has 110 valence electrons. The van der Waals surface area contributed by atoms with Crippen molar-refractivity contribution in [3.8, 4) is 0 Å². The normalized spacial score (nSPS) is 18.9. The third-order valence-electron chi connectivity index (χ3n) is 4.17. The van der Waals surface area contributed by atoms with Gasteiger partial charge in [0.05, 0.1) is 5.56 Å². The fourth-order valence-electron chi connectivity index (χ4n) is 2.61. The first-order valence-corrected chi connectivity index (χ1v) is 6.84. The van der Waals surface area contributed by atoms with Crippen molar-refractivity contribution in [1.82, 2.24) is 14.5 Å². The van der Waals surface area contributed by atoms with Gasteiger partial charge in [0.1, 0.15) is 0 Å². The molecule has 1 saturated heterocycles. The summed E-state index contributed by atoms with van der Waals surface area (Å²) in [6.07, 6.45) is 3.07. The molecule has 1 aliphatic heterocycles. The molecule has 6 heteroatoms. The maximum atomic E-state index is 12.2. The molecule has 0 amide bonds. The van der Waals surface area contributed by atoms with Crippen molar-refractivity contribution < 1.29 is 4.79 Å². The fraction of sp³-hybridized carbons (Fsp3) is 0.643. The molecule has 0 saturated carbocycles. The minimum atomic E-state index is -0.485. The van der Waals surface area contributed by atoms with Crippen molar-refractivity contribution >= 4 is 5.78 Å². The molecular weight excluding hydrogens is 258 g/mol. The monoisotopic (exact) mass is 279 g/mol. The summed E-state index contributed by atoms with van der Waals surface area (Å²) in [4.78, 5) is 40.2. The third kappa shape index (κ3) is 2.90. The molecule has 6 nitrogen and oxygen atoms in total. The van der Waals surface area contributed by atoms with Gasteiger partial charge < -0.3 is 9.88 Å². The van der Waals surface area contributed by atoms with E-state index in [9.17, 15) is 14.4 Å². The lowest BCUT2D eigenvalue weighted by atomic mass is 9.80. The van der Waals surface area contributed by atoms with Gasteiger partial charge in [0.25, 0.3) is 5.56 Å². The van der Waals surface area contributed by atoms with Crippen LogP contribution in [0.5, 0.6) is 0 Å². The van der Waals surface area contributed by atoms with Crippen molar-refractivity contribution in [2.45, 2.75) is 33.2 Å². The number of rotatable bonds is 3. The number of carbonyl (C=O) groups is 1. The number of aromatic nitrogens is 2. The van der Waals surface area contributed by atoms with Crippen LogP contribution < -0.4 is 11.2 Å². The first-order chi connectivity index (χ1) is 9.32. The van der Waals surface area contributed by atoms with Crippen LogP contribution in [-0.2, 0) is 6.54 Å². The van der Waals surface area contributed by atoms with Gasteiger partial charge in [-0.25, -0.2) is 4.79 Å². The molecule has 0 unspecified atom stereocenters. The second-order valence-corrected chi connectivity index (χ2v) is 6.07. The van der Waals surface area contributed by atoms with E-state index in [2.05, 4.69) is 23.9 Å². The van der Waals surface area contributed by atoms with Crippen LogP contribution in [0.3, 0.4) is 0 Å². The number of hydrogen-bond donors (Lipinski definition) is 1. The summed E-state index contributed by atoms with van der Waals surface area (Å²) in [5, 5.41) is 0. The van der Waals surface area contributed by atoms with Crippen molar-refractivity contribution in [2.75, 3.05) is 20.1 Å². The van der Waals surface area contributed by atoms with Gasteiger partial charge in [-0.3, -0.25) is 14.2 Å². The Morgan fingerprint density at radius 3 is 2.50 bits per heavy atom. The second kappa shape index (κ2) is 5.36. The van der Waals surface area contributed by atoms with Gasteiger partial charge in [-0.15, -0.1) is 0 Å². The zero-order valence-electron chi connectivity index (χ0n) is 12.2.